The van der Waals surface area contributed by atoms with E-state index in [2.05, 4.69) is 72.5 Å². The zero-order valence-corrected chi connectivity index (χ0v) is 13.9. The number of hydrogen-bond acceptors (Lipinski definition) is 1. The predicted molar refractivity (Wildman–Crippen MR) is 98.6 cm³/mol. The van der Waals surface area contributed by atoms with Gasteiger partial charge in [-0.05, 0) is 36.8 Å². The maximum absolute atomic E-state index is 3.68. The number of benzene rings is 2. The molecule has 0 aromatic heterocycles. The standard InChI is InChI=1S/C22H24.H3N/c1-2-10-16-22(17-11-3-1,18-20-12-6-4-7-13-20)19-21-14-8-5-9-15-21;/h4-9,12-15H,1-3,10,16,18-19H2;1H3. The average Bonchev–Trinajstić information content (AvgIpc) is 2.53. The molecule has 120 valence electrons. The summed E-state index contributed by atoms with van der Waals surface area (Å²) in [6.45, 7) is 0. The van der Waals surface area contributed by atoms with Crippen molar-refractivity contribution in [3.63, 3.8) is 0 Å². The Morgan fingerprint density at radius 3 is 1.87 bits per heavy atom. The third-order valence-corrected chi connectivity index (χ3v) is 4.58. The molecule has 0 bridgehead atoms. The van der Waals surface area contributed by atoms with E-state index >= 15 is 0 Å². The van der Waals surface area contributed by atoms with E-state index in [0.29, 0.717) is 0 Å². The summed E-state index contributed by atoms with van der Waals surface area (Å²) in [4.78, 5) is 0. The zero-order valence-electron chi connectivity index (χ0n) is 13.9. The molecule has 0 heterocycles. The predicted octanol–water partition coefficient (Wildman–Crippen LogP) is 5.59. The second-order valence-electron chi connectivity index (χ2n) is 6.47. The monoisotopic (exact) mass is 305 g/mol. The Labute approximate surface area is 140 Å². The van der Waals surface area contributed by atoms with Crippen LogP contribution in [0.2, 0.25) is 0 Å². The van der Waals surface area contributed by atoms with E-state index in [1.165, 1.54) is 36.8 Å². The normalized spacial score (nSPS) is 16.2. The first kappa shape index (κ1) is 17.3. The van der Waals surface area contributed by atoms with Gasteiger partial charge in [0.1, 0.15) is 0 Å². The highest BCUT2D eigenvalue weighted by atomic mass is 14.3. The minimum Gasteiger partial charge on any atom is -0.344 e. The van der Waals surface area contributed by atoms with Crippen LogP contribution < -0.4 is 6.15 Å². The lowest BCUT2D eigenvalue weighted by Crippen LogP contribution is -2.26. The van der Waals surface area contributed by atoms with Gasteiger partial charge in [-0.1, -0.05) is 79.4 Å². The molecule has 2 aromatic rings. The van der Waals surface area contributed by atoms with Crippen molar-refractivity contribution in [3.05, 3.63) is 71.8 Å². The van der Waals surface area contributed by atoms with Crippen molar-refractivity contribution in [1.29, 1.82) is 0 Å². The van der Waals surface area contributed by atoms with Crippen molar-refractivity contribution in [1.82, 2.24) is 6.15 Å². The fourth-order valence-electron chi connectivity index (χ4n) is 3.47. The van der Waals surface area contributed by atoms with Crippen LogP contribution in [0.25, 0.3) is 0 Å². The Kier molecular flexibility index (Phi) is 6.44. The number of hydrogen-bond donors (Lipinski definition) is 1. The minimum atomic E-state index is 0. The van der Waals surface area contributed by atoms with Gasteiger partial charge in [0.05, 0.1) is 0 Å². The molecule has 0 unspecified atom stereocenters. The average molecular weight is 305 g/mol. The van der Waals surface area contributed by atoms with Crippen molar-refractivity contribution < 1.29 is 0 Å². The second kappa shape index (κ2) is 8.56. The molecule has 0 saturated heterocycles. The van der Waals surface area contributed by atoms with Gasteiger partial charge in [0.2, 0.25) is 0 Å². The molecular formula is C22H27N. The summed E-state index contributed by atoms with van der Waals surface area (Å²) in [5.74, 6) is 7.15. The van der Waals surface area contributed by atoms with Gasteiger partial charge in [-0.3, -0.25) is 0 Å². The van der Waals surface area contributed by atoms with Crippen LogP contribution in [0, 0.1) is 17.3 Å². The van der Waals surface area contributed by atoms with E-state index in [1.54, 1.807) is 0 Å². The molecule has 1 nitrogen and oxygen atoms in total. The van der Waals surface area contributed by atoms with E-state index in [0.717, 1.165) is 19.3 Å². The second-order valence-corrected chi connectivity index (χ2v) is 6.47. The Hall–Kier alpha value is -2.04. The molecule has 0 amide bonds. The lowest BCUT2D eigenvalue weighted by Gasteiger charge is -2.30. The quantitative estimate of drug-likeness (QED) is 0.734. The fraction of sp³-hybridized carbons (Fsp3) is 0.364. The molecule has 0 spiro atoms. The molecule has 0 atom stereocenters. The first-order chi connectivity index (χ1) is 10.9. The molecule has 1 aliphatic carbocycles. The van der Waals surface area contributed by atoms with Crippen LogP contribution in [0.5, 0.6) is 0 Å². The van der Waals surface area contributed by atoms with Crippen LogP contribution >= 0.6 is 0 Å². The van der Waals surface area contributed by atoms with Gasteiger partial charge in [-0.15, -0.1) is 5.92 Å². The molecular weight excluding hydrogens is 278 g/mol. The van der Waals surface area contributed by atoms with Crippen LogP contribution in [-0.2, 0) is 12.8 Å². The first-order valence-corrected chi connectivity index (χ1v) is 8.44. The van der Waals surface area contributed by atoms with E-state index in [9.17, 15) is 0 Å². The summed E-state index contributed by atoms with van der Waals surface area (Å²) in [6.07, 6.45) is 8.29. The maximum atomic E-state index is 3.68. The van der Waals surface area contributed by atoms with Crippen LogP contribution in [0.3, 0.4) is 0 Å². The van der Waals surface area contributed by atoms with Crippen LogP contribution in [0.15, 0.2) is 60.7 Å². The van der Waals surface area contributed by atoms with E-state index in [4.69, 9.17) is 0 Å². The Bertz CT molecular complexity index is 592. The summed E-state index contributed by atoms with van der Waals surface area (Å²) >= 11 is 0. The van der Waals surface area contributed by atoms with Crippen molar-refractivity contribution in [3.8, 4) is 11.8 Å². The minimum absolute atomic E-state index is 0. The van der Waals surface area contributed by atoms with Gasteiger partial charge in [-0.25, -0.2) is 0 Å². The lowest BCUT2D eigenvalue weighted by atomic mass is 9.72. The highest BCUT2D eigenvalue weighted by molar-refractivity contribution is 5.27. The smallest absolute Gasteiger partial charge is 0.0395 e. The molecule has 23 heavy (non-hydrogen) atoms. The van der Waals surface area contributed by atoms with Crippen molar-refractivity contribution >= 4 is 0 Å². The van der Waals surface area contributed by atoms with Gasteiger partial charge in [0.15, 0.2) is 0 Å². The van der Waals surface area contributed by atoms with E-state index in [-0.39, 0.29) is 11.6 Å². The zero-order chi connectivity index (χ0) is 15.1. The van der Waals surface area contributed by atoms with Crippen LogP contribution in [0.4, 0.5) is 0 Å². The highest BCUT2D eigenvalue weighted by Crippen LogP contribution is 2.34. The largest absolute Gasteiger partial charge is 0.344 e. The summed E-state index contributed by atoms with van der Waals surface area (Å²) in [6, 6.07) is 21.7. The summed E-state index contributed by atoms with van der Waals surface area (Å²) < 4.78 is 0. The lowest BCUT2D eigenvalue weighted by molar-refractivity contribution is 0.342. The molecule has 0 aliphatic heterocycles. The Morgan fingerprint density at radius 1 is 0.739 bits per heavy atom. The molecule has 3 rings (SSSR count). The maximum Gasteiger partial charge on any atom is 0.0395 e. The number of rotatable bonds is 4. The van der Waals surface area contributed by atoms with E-state index in [1.807, 2.05) is 0 Å². The fourth-order valence-corrected chi connectivity index (χ4v) is 3.47. The molecule has 0 saturated carbocycles. The van der Waals surface area contributed by atoms with Gasteiger partial charge in [0, 0.05) is 11.8 Å². The highest BCUT2D eigenvalue weighted by Gasteiger charge is 2.28. The summed E-state index contributed by atoms with van der Waals surface area (Å²) in [7, 11) is 0. The third-order valence-electron chi connectivity index (χ3n) is 4.58. The Balaban J connectivity index is 0.00000192. The van der Waals surface area contributed by atoms with E-state index < -0.39 is 0 Å². The van der Waals surface area contributed by atoms with Gasteiger partial charge >= 0.3 is 0 Å². The molecule has 3 N–H and O–H groups in total. The van der Waals surface area contributed by atoms with Gasteiger partial charge in [-0.2, -0.15) is 0 Å². The summed E-state index contributed by atoms with van der Waals surface area (Å²) in [5, 5.41) is 0. The molecule has 1 heteroatoms. The van der Waals surface area contributed by atoms with Crippen molar-refractivity contribution in [2.24, 2.45) is 5.41 Å². The first-order valence-electron chi connectivity index (χ1n) is 8.44. The van der Waals surface area contributed by atoms with Crippen molar-refractivity contribution in [2.45, 2.75) is 44.9 Å². The van der Waals surface area contributed by atoms with Gasteiger partial charge in [0.25, 0.3) is 0 Å². The van der Waals surface area contributed by atoms with Crippen molar-refractivity contribution in [2.75, 3.05) is 0 Å². The SMILES string of the molecule is C1#CC(Cc2ccccc2)(Cc2ccccc2)CCCCC1.N. The Morgan fingerprint density at radius 2 is 1.30 bits per heavy atom. The topological polar surface area (TPSA) is 35.0 Å². The van der Waals surface area contributed by atoms with Gasteiger partial charge < -0.3 is 6.15 Å². The molecule has 0 fully saturated rings. The molecule has 0 radical (unpaired) electrons. The van der Waals surface area contributed by atoms with Crippen LogP contribution in [0.1, 0.15) is 43.2 Å². The van der Waals surface area contributed by atoms with Crippen LogP contribution in [-0.4, -0.2) is 0 Å². The third kappa shape index (κ3) is 4.98. The molecule has 2 aromatic carbocycles. The summed E-state index contributed by atoms with van der Waals surface area (Å²) in [5.41, 5.74) is 2.92. The molecule has 1 aliphatic rings.